The zero-order chi connectivity index (χ0) is 25.4. The number of hydrogen-bond acceptors (Lipinski definition) is 4. The van der Waals surface area contributed by atoms with Crippen LogP contribution in [0.15, 0.2) is 66.9 Å². The lowest BCUT2D eigenvalue weighted by atomic mass is 9.84. The van der Waals surface area contributed by atoms with E-state index in [0.717, 1.165) is 72.7 Å². The molecule has 6 rings (SSSR count). The third kappa shape index (κ3) is 4.61. The van der Waals surface area contributed by atoms with E-state index in [1.807, 2.05) is 65.6 Å². The topological polar surface area (TPSA) is 64.6 Å². The molecule has 7 heteroatoms. The minimum absolute atomic E-state index is 0.247. The number of carbonyl (C=O) groups is 1. The van der Waals surface area contributed by atoms with Crippen molar-refractivity contribution in [3.05, 3.63) is 83.1 Å². The minimum Gasteiger partial charge on any atom is -0.340 e. The summed E-state index contributed by atoms with van der Waals surface area (Å²) in [6.45, 7) is 3.92. The minimum atomic E-state index is 0.247. The molecule has 2 aromatic heterocycles. The lowest BCUT2D eigenvalue weighted by Crippen LogP contribution is -2.50. The first-order valence-corrected chi connectivity index (χ1v) is 13.3. The van der Waals surface area contributed by atoms with E-state index in [-0.39, 0.29) is 5.92 Å². The first-order chi connectivity index (χ1) is 18.1. The van der Waals surface area contributed by atoms with Gasteiger partial charge in [-0.15, -0.1) is 0 Å². The Bertz CT molecular complexity index is 1490. The Morgan fingerprint density at radius 2 is 1.70 bits per heavy atom. The van der Waals surface area contributed by atoms with Gasteiger partial charge >= 0.3 is 0 Å². The maximum Gasteiger partial charge on any atom is 0.225 e. The summed E-state index contributed by atoms with van der Waals surface area (Å²) >= 11 is 6.17. The Morgan fingerprint density at radius 1 is 0.973 bits per heavy atom. The van der Waals surface area contributed by atoms with E-state index in [1.165, 1.54) is 6.42 Å². The Hall–Kier alpha value is -3.66. The number of imidazole rings is 1. The van der Waals surface area contributed by atoms with Crippen LogP contribution < -0.4 is 0 Å². The number of pyridine rings is 1. The van der Waals surface area contributed by atoms with Gasteiger partial charge in [0.2, 0.25) is 5.91 Å². The number of benzene rings is 2. The van der Waals surface area contributed by atoms with Crippen LogP contribution in [0.1, 0.15) is 30.5 Å². The summed E-state index contributed by atoms with van der Waals surface area (Å²) in [6, 6.07) is 21.8. The first-order valence-electron chi connectivity index (χ1n) is 12.9. The van der Waals surface area contributed by atoms with Crippen molar-refractivity contribution in [2.24, 2.45) is 5.92 Å². The van der Waals surface area contributed by atoms with Crippen molar-refractivity contribution in [3.63, 3.8) is 0 Å². The van der Waals surface area contributed by atoms with Crippen LogP contribution >= 0.6 is 11.6 Å². The maximum atomic E-state index is 12.7. The highest BCUT2D eigenvalue weighted by atomic mass is 35.5. The average Bonchev–Trinajstić information content (AvgIpc) is 3.26. The summed E-state index contributed by atoms with van der Waals surface area (Å²) < 4.78 is 2.15. The van der Waals surface area contributed by atoms with Gasteiger partial charge in [0, 0.05) is 61.0 Å². The van der Waals surface area contributed by atoms with Gasteiger partial charge in [0.25, 0.3) is 0 Å². The summed E-state index contributed by atoms with van der Waals surface area (Å²) in [5, 5.41) is 10.3. The molecule has 2 fully saturated rings. The van der Waals surface area contributed by atoms with Crippen molar-refractivity contribution in [3.8, 4) is 28.5 Å². The molecular weight excluding hydrogens is 482 g/mol. The van der Waals surface area contributed by atoms with E-state index in [2.05, 4.69) is 21.6 Å². The molecule has 2 aliphatic rings. The molecule has 0 bridgehead atoms. The second-order valence-corrected chi connectivity index (χ2v) is 10.4. The molecule has 4 aromatic rings. The molecule has 1 aliphatic heterocycles. The number of nitriles is 1. The highest BCUT2D eigenvalue weighted by Gasteiger charge is 2.31. The normalized spacial score (nSPS) is 16.5. The third-order valence-corrected chi connectivity index (χ3v) is 7.96. The highest BCUT2D eigenvalue weighted by molar-refractivity contribution is 6.30. The molecule has 0 radical (unpaired) electrons. The number of hydrogen-bond donors (Lipinski definition) is 0. The number of halogens is 1. The van der Waals surface area contributed by atoms with Crippen LogP contribution in [0.4, 0.5) is 0 Å². The molecular formula is C30H28ClN5O. The zero-order valence-corrected chi connectivity index (χ0v) is 21.4. The molecule has 37 heavy (non-hydrogen) atoms. The van der Waals surface area contributed by atoms with Crippen LogP contribution in [0.25, 0.3) is 28.0 Å². The summed E-state index contributed by atoms with van der Waals surface area (Å²) in [6.07, 6.45) is 5.35. The zero-order valence-electron chi connectivity index (χ0n) is 20.6. The SMILES string of the molecule is N#Cc1ccccc1-c1ccc2nc(-c3ccc(Cl)cc3)c(CN3CCN(C(=O)C4CCC4)CC3)n2c1. The number of rotatable bonds is 5. The van der Waals surface area contributed by atoms with E-state index in [0.29, 0.717) is 23.0 Å². The van der Waals surface area contributed by atoms with Gasteiger partial charge in [0.1, 0.15) is 5.65 Å². The highest BCUT2D eigenvalue weighted by Crippen LogP contribution is 2.31. The summed E-state index contributed by atoms with van der Waals surface area (Å²) in [4.78, 5) is 22.2. The molecule has 1 amide bonds. The van der Waals surface area contributed by atoms with Gasteiger partial charge in [-0.1, -0.05) is 48.4 Å². The van der Waals surface area contributed by atoms with Gasteiger partial charge in [-0.05, 0) is 48.7 Å². The van der Waals surface area contributed by atoms with E-state index in [4.69, 9.17) is 16.6 Å². The predicted molar refractivity (Wildman–Crippen MR) is 145 cm³/mol. The molecule has 0 spiro atoms. The number of aromatic nitrogens is 2. The lowest BCUT2D eigenvalue weighted by Gasteiger charge is -2.38. The van der Waals surface area contributed by atoms with Gasteiger partial charge in [0.15, 0.2) is 0 Å². The van der Waals surface area contributed by atoms with E-state index in [1.54, 1.807) is 0 Å². The number of nitrogens with zero attached hydrogens (tertiary/aromatic N) is 5. The molecule has 0 N–H and O–H groups in total. The van der Waals surface area contributed by atoms with E-state index in [9.17, 15) is 10.1 Å². The molecule has 0 atom stereocenters. The number of piperazine rings is 1. The predicted octanol–water partition coefficient (Wildman–Crippen LogP) is 5.64. The standard InChI is InChI=1S/C30H28ClN5O/c31-25-11-8-21(9-12-25)29-27(20-34-14-16-35(17-15-34)30(37)22-5-3-6-22)36-19-24(10-13-28(36)33-29)26-7-2-1-4-23(26)18-32/h1-2,4,7-13,19,22H,3,5-6,14-17,20H2. The van der Waals surface area contributed by atoms with Crippen LogP contribution in [0.5, 0.6) is 0 Å². The fraction of sp³-hybridized carbons (Fsp3) is 0.300. The van der Waals surface area contributed by atoms with Gasteiger partial charge in [-0.2, -0.15) is 5.26 Å². The van der Waals surface area contributed by atoms with Crippen LogP contribution in [-0.4, -0.2) is 51.3 Å². The Kier molecular flexibility index (Phi) is 6.42. The number of carbonyl (C=O) groups excluding carboxylic acids is 1. The molecule has 186 valence electrons. The summed E-state index contributed by atoms with van der Waals surface area (Å²) in [5.41, 5.74) is 6.42. The first kappa shape index (κ1) is 23.7. The quantitative estimate of drug-likeness (QED) is 0.349. The van der Waals surface area contributed by atoms with Crippen molar-refractivity contribution in [1.29, 1.82) is 5.26 Å². The fourth-order valence-corrected chi connectivity index (χ4v) is 5.45. The largest absolute Gasteiger partial charge is 0.340 e. The van der Waals surface area contributed by atoms with Crippen molar-refractivity contribution in [2.45, 2.75) is 25.8 Å². The van der Waals surface area contributed by atoms with Crippen molar-refractivity contribution < 1.29 is 4.79 Å². The molecule has 2 aromatic carbocycles. The van der Waals surface area contributed by atoms with Crippen LogP contribution in [0, 0.1) is 17.2 Å². The lowest BCUT2D eigenvalue weighted by molar-refractivity contribution is -0.140. The number of fused-ring (bicyclic) bond motifs is 1. The second kappa shape index (κ2) is 10.0. The summed E-state index contributed by atoms with van der Waals surface area (Å²) in [5.74, 6) is 0.583. The van der Waals surface area contributed by atoms with Crippen molar-refractivity contribution >= 4 is 23.2 Å². The summed E-state index contributed by atoms with van der Waals surface area (Å²) in [7, 11) is 0. The Balaban J connectivity index is 1.35. The van der Waals surface area contributed by atoms with Crippen molar-refractivity contribution in [1.82, 2.24) is 19.2 Å². The maximum absolute atomic E-state index is 12.7. The van der Waals surface area contributed by atoms with Crippen LogP contribution in [-0.2, 0) is 11.3 Å². The smallest absolute Gasteiger partial charge is 0.225 e. The Labute approximate surface area is 221 Å². The van der Waals surface area contributed by atoms with Crippen LogP contribution in [0.3, 0.4) is 0 Å². The molecule has 6 nitrogen and oxygen atoms in total. The van der Waals surface area contributed by atoms with Gasteiger partial charge < -0.3 is 9.30 Å². The third-order valence-electron chi connectivity index (χ3n) is 7.71. The van der Waals surface area contributed by atoms with Gasteiger partial charge in [-0.3, -0.25) is 9.69 Å². The number of amides is 1. The molecule has 1 saturated carbocycles. The van der Waals surface area contributed by atoms with Crippen molar-refractivity contribution in [2.75, 3.05) is 26.2 Å². The monoisotopic (exact) mass is 509 g/mol. The van der Waals surface area contributed by atoms with E-state index < -0.39 is 0 Å². The molecule has 1 saturated heterocycles. The van der Waals surface area contributed by atoms with E-state index >= 15 is 0 Å². The van der Waals surface area contributed by atoms with Crippen LogP contribution in [0.2, 0.25) is 5.02 Å². The molecule has 3 heterocycles. The second-order valence-electron chi connectivity index (χ2n) is 9.95. The van der Waals surface area contributed by atoms with Gasteiger partial charge in [-0.25, -0.2) is 4.98 Å². The molecule has 1 aliphatic carbocycles. The molecule has 0 unspecified atom stereocenters. The Morgan fingerprint density at radius 3 is 2.41 bits per heavy atom. The van der Waals surface area contributed by atoms with Gasteiger partial charge in [0.05, 0.1) is 23.0 Å². The average molecular weight is 510 g/mol. The fourth-order valence-electron chi connectivity index (χ4n) is 5.33.